The molecule has 2 fully saturated rings. The van der Waals surface area contributed by atoms with E-state index in [0.717, 1.165) is 19.6 Å². The molecule has 110 valence electrons. The van der Waals surface area contributed by atoms with Gasteiger partial charge in [-0.3, -0.25) is 0 Å². The Morgan fingerprint density at radius 2 is 1.70 bits per heavy atom. The Kier molecular flexibility index (Phi) is 4.18. The monoisotopic (exact) mass is 299 g/mol. The highest BCUT2D eigenvalue weighted by Crippen LogP contribution is 2.20. The molecule has 0 N–H and O–H groups in total. The molecule has 20 heavy (non-hydrogen) atoms. The average molecular weight is 300 g/mol. The van der Waals surface area contributed by atoms with Crippen LogP contribution < -0.4 is 9.80 Å². The van der Waals surface area contributed by atoms with Crippen LogP contribution in [0.3, 0.4) is 0 Å². The van der Waals surface area contributed by atoms with Gasteiger partial charge in [-0.25, -0.2) is 0 Å². The Labute approximate surface area is 122 Å². The SMILES string of the molecule is C[C@@H]1COCCN1c1nc(Cl)nc(N2CCOCC2)n1. The van der Waals surface area contributed by atoms with Crippen molar-refractivity contribution in [1.82, 2.24) is 15.0 Å². The van der Waals surface area contributed by atoms with Crippen LogP contribution in [0.1, 0.15) is 6.92 Å². The van der Waals surface area contributed by atoms with Crippen molar-refractivity contribution >= 4 is 23.5 Å². The van der Waals surface area contributed by atoms with Crippen molar-refractivity contribution in [1.29, 1.82) is 0 Å². The number of ether oxygens (including phenoxy) is 2. The summed E-state index contributed by atoms with van der Waals surface area (Å²) in [6.45, 7) is 7.14. The summed E-state index contributed by atoms with van der Waals surface area (Å²) in [5.41, 5.74) is 0. The molecule has 0 spiro atoms. The van der Waals surface area contributed by atoms with E-state index in [2.05, 4.69) is 31.7 Å². The number of nitrogens with zero attached hydrogens (tertiary/aromatic N) is 5. The van der Waals surface area contributed by atoms with Crippen molar-refractivity contribution in [2.24, 2.45) is 0 Å². The first kappa shape index (κ1) is 13.8. The van der Waals surface area contributed by atoms with Gasteiger partial charge in [0.15, 0.2) is 0 Å². The van der Waals surface area contributed by atoms with Crippen LogP contribution in [0.5, 0.6) is 0 Å². The molecule has 8 heteroatoms. The molecule has 1 aromatic heterocycles. The number of halogens is 1. The second kappa shape index (κ2) is 6.07. The molecule has 0 amide bonds. The van der Waals surface area contributed by atoms with Crippen LogP contribution in [0, 0.1) is 0 Å². The maximum Gasteiger partial charge on any atom is 0.231 e. The molecule has 0 radical (unpaired) electrons. The predicted molar refractivity (Wildman–Crippen MR) is 75.5 cm³/mol. The van der Waals surface area contributed by atoms with E-state index in [9.17, 15) is 0 Å². The standard InChI is InChI=1S/C12H18ClN5O2/c1-9-8-20-7-4-18(9)12-15-10(13)14-11(16-12)17-2-5-19-6-3-17/h9H,2-8H2,1H3/t9-/m1/s1. The van der Waals surface area contributed by atoms with Gasteiger partial charge in [-0.1, -0.05) is 0 Å². The summed E-state index contributed by atoms with van der Waals surface area (Å²) in [5, 5.41) is 0.232. The average Bonchev–Trinajstić information content (AvgIpc) is 2.48. The fourth-order valence-electron chi connectivity index (χ4n) is 2.39. The first-order valence-corrected chi connectivity index (χ1v) is 7.20. The van der Waals surface area contributed by atoms with Crippen LogP contribution in [-0.2, 0) is 9.47 Å². The summed E-state index contributed by atoms with van der Waals surface area (Å²) in [6, 6.07) is 0.236. The van der Waals surface area contributed by atoms with Crippen LogP contribution in [-0.4, -0.2) is 67.1 Å². The lowest BCUT2D eigenvalue weighted by Gasteiger charge is -2.34. The highest BCUT2D eigenvalue weighted by atomic mass is 35.5. The van der Waals surface area contributed by atoms with Gasteiger partial charge in [0.2, 0.25) is 17.2 Å². The molecule has 0 aromatic carbocycles. The Morgan fingerprint density at radius 3 is 2.45 bits per heavy atom. The van der Waals surface area contributed by atoms with Crippen molar-refractivity contribution in [3.63, 3.8) is 0 Å². The van der Waals surface area contributed by atoms with Crippen LogP contribution in [0.4, 0.5) is 11.9 Å². The third-order valence-corrected chi connectivity index (χ3v) is 3.67. The van der Waals surface area contributed by atoms with Gasteiger partial charge >= 0.3 is 0 Å². The lowest BCUT2D eigenvalue weighted by Crippen LogP contribution is -2.45. The van der Waals surface area contributed by atoms with Crippen molar-refractivity contribution in [2.45, 2.75) is 13.0 Å². The summed E-state index contributed by atoms with van der Waals surface area (Å²) in [4.78, 5) is 17.2. The minimum atomic E-state index is 0.232. The normalized spacial score (nSPS) is 24.0. The van der Waals surface area contributed by atoms with E-state index in [4.69, 9.17) is 21.1 Å². The molecule has 3 rings (SSSR count). The largest absolute Gasteiger partial charge is 0.378 e. The minimum absolute atomic E-state index is 0.232. The first-order valence-electron chi connectivity index (χ1n) is 6.83. The molecular formula is C12H18ClN5O2. The molecule has 2 aliphatic heterocycles. The summed E-state index contributed by atoms with van der Waals surface area (Å²) < 4.78 is 10.8. The molecule has 7 nitrogen and oxygen atoms in total. The molecular weight excluding hydrogens is 282 g/mol. The van der Waals surface area contributed by atoms with Gasteiger partial charge in [-0.15, -0.1) is 0 Å². The third kappa shape index (κ3) is 2.94. The quantitative estimate of drug-likeness (QED) is 0.792. The molecule has 0 aliphatic carbocycles. The number of morpholine rings is 2. The second-order valence-corrected chi connectivity index (χ2v) is 5.26. The lowest BCUT2D eigenvalue weighted by molar-refractivity contribution is 0.0980. The van der Waals surface area contributed by atoms with E-state index in [1.54, 1.807) is 0 Å². The zero-order valence-electron chi connectivity index (χ0n) is 11.5. The van der Waals surface area contributed by atoms with E-state index in [1.807, 2.05) is 0 Å². The fourth-order valence-corrected chi connectivity index (χ4v) is 2.54. The van der Waals surface area contributed by atoms with Gasteiger partial charge in [-0.2, -0.15) is 15.0 Å². The molecule has 2 saturated heterocycles. The highest BCUT2D eigenvalue weighted by Gasteiger charge is 2.24. The van der Waals surface area contributed by atoms with Gasteiger partial charge < -0.3 is 19.3 Å². The number of aromatic nitrogens is 3. The maximum absolute atomic E-state index is 6.06. The maximum atomic E-state index is 6.06. The number of rotatable bonds is 2. The fraction of sp³-hybridized carbons (Fsp3) is 0.750. The Hall–Kier alpha value is -1.18. The van der Waals surface area contributed by atoms with Gasteiger partial charge in [-0.05, 0) is 18.5 Å². The van der Waals surface area contributed by atoms with Gasteiger partial charge in [0, 0.05) is 19.6 Å². The topological polar surface area (TPSA) is 63.6 Å². The van der Waals surface area contributed by atoms with Crippen LogP contribution >= 0.6 is 11.6 Å². The lowest BCUT2D eigenvalue weighted by atomic mass is 10.3. The summed E-state index contributed by atoms with van der Waals surface area (Å²) >= 11 is 6.06. The van der Waals surface area contributed by atoms with Gasteiger partial charge in [0.05, 0.1) is 32.5 Å². The molecule has 1 aromatic rings. The third-order valence-electron chi connectivity index (χ3n) is 3.50. The minimum Gasteiger partial charge on any atom is -0.378 e. The van der Waals surface area contributed by atoms with Crippen molar-refractivity contribution in [3.8, 4) is 0 Å². The second-order valence-electron chi connectivity index (χ2n) is 4.92. The molecule has 2 aliphatic rings. The molecule has 0 bridgehead atoms. The van der Waals surface area contributed by atoms with Crippen LogP contribution in [0.25, 0.3) is 0 Å². The molecule has 1 atom stereocenters. The molecule has 0 saturated carbocycles. The van der Waals surface area contributed by atoms with Crippen molar-refractivity contribution in [3.05, 3.63) is 5.28 Å². The van der Waals surface area contributed by atoms with E-state index >= 15 is 0 Å². The van der Waals surface area contributed by atoms with E-state index in [1.165, 1.54) is 0 Å². The van der Waals surface area contributed by atoms with Crippen LogP contribution in [0.15, 0.2) is 0 Å². The zero-order valence-corrected chi connectivity index (χ0v) is 12.2. The summed E-state index contributed by atoms with van der Waals surface area (Å²) in [6.07, 6.45) is 0. The van der Waals surface area contributed by atoms with Crippen molar-refractivity contribution < 1.29 is 9.47 Å². The number of anilines is 2. The first-order chi connectivity index (χ1) is 9.74. The molecule has 3 heterocycles. The van der Waals surface area contributed by atoms with Gasteiger partial charge in [0.1, 0.15) is 0 Å². The van der Waals surface area contributed by atoms with E-state index in [-0.39, 0.29) is 11.3 Å². The number of hydrogen-bond donors (Lipinski definition) is 0. The Bertz CT molecular complexity index is 469. The summed E-state index contributed by atoms with van der Waals surface area (Å²) in [5.74, 6) is 1.25. The Morgan fingerprint density at radius 1 is 1.00 bits per heavy atom. The molecule has 0 unspecified atom stereocenters. The van der Waals surface area contributed by atoms with E-state index in [0.29, 0.717) is 38.3 Å². The van der Waals surface area contributed by atoms with Crippen LogP contribution in [0.2, 0.25) is 5.28 Å². The zero-order chi connectivity index (χ0) is 13.9. The smallest absolute Gasteiger partial charge is 0.231 e. The number of hydrogen-bond acceptors (Lipinski definition) is 7. The van der Waals surface area contributed by atoms with E-state index < -0.39 is 0 Å². The van der Waals surface area contributed by atoms with Crippen molar-refractivity contribution in [2.75, 3.05) is 55.9 Å². The summed E-state index contributed by atoms with van der Waals surface area (Å²) in [7, 11) is 0. The predicted octanol–water partition coefficient (Wildman–Crippen LogP) is 0.587. The highest BCUT2D eigenvalue weighted by molar-refractivity contribution is 6.28. The Balaban J connectivity index is 1.85. The van der Waals surface area contributed by atoms with Gasteiger partial charge in [0.25, 0.3) is 0 Å².